The Balaban J connectivity index is 3.88. The molecule has 13 heavy (non-hydrogen) atoms. The van der Waals surface area contributed by atoms with E-state index in [9.17, 15) is 8.42 Å². The van der Waals surface area contributed by atoms with Gasteiger partial charge in [0.2, 0.25) is 0 Å². The molecule has 0 saturated heterocycles. The van der Waals surface area contributed by atoms with Gasteiger partial charge in [0.1, 0.15) is 0 Å². The van der Waals surface area contributed by atoms with E-state index in [4.69, 9.17) is 10.8 Å². The molecule has 0 fully saturated rings. The molecule has 2 atom stereocenters. The Morgan fingerprint density at radius 2 is 2.00 bits per heavy atom. The maximum atomic E-state index is 11.0. The lowest BCUT2D eigenvalue weighted by molar-refractivity contribution is 0.164. The summed E-state index contributed by atoms with van der Waals surface area (Å²) in [5, 5.41) is 8.97. The van der Waals surface area contributed by atoms with Crippen molar-refractivity contribution in [3.05, 3.63) is 0 Å². The van der Waals surface area contributed by atoms with Gasteiger partial charge in [-0.25, -0.2) is 9.44 Å². The minimum atomic E-state index is -3.45. The topological polar surface area (TPSA) is 104 Å². The van der Waals surface area contributed by atoms with Crippen LogP contribution in [-0.2, 0) is 10.2 Å². The molecule has 0 aromatic carbocycles. The minimum absolute atomic E-state index is 0.0208. The zero-order valence-corrected chi connectivity index (χ0v) is 8.63. The first-order valence-electron chi connectivity index (χ1n) is 4.07. The summed E-state index contributed by atoms with van der Waals surface area (Å²) >= 11 is 0. The summed E-state index contributed by atoms with van der Waals surface area (Å²) in [5.74, 6) is 0. The van der Waals surface area contributed by atoms with Gasteiger partial charge in [0.05, 0.1) is 6.10 Å². The second kappa shape index (κ2) is 5.51. The van der Waals surface area contributed by atoms with Crippen molar-refractivity contribution in [2.45, 2.75) is 26.0 Å². The van der Waals surface area contributed by atoms with Crippen LogP contribution in [0.3, 0.4) is 0 Å². The first-order valence-corrected chi connectivity index (χ1v) is 5.55. The molecule has 0 aromatic rings. The van der Waals surface area contributed by atoms with Gasteiger partial charge in [-0.05, 0) is 6.92 Å². The van der Waals surface area contributed by atoms with E-state index in [1.54, 1.807) is 6.92 Å². The lowest BCUT2D eigenvalue weighted by atomic mass is 10.2. The molecule has 80 valence electrons. The second-order valence-electron chi connectivity index (χ2n) is 2.75. The van der Waals surface area contributed by atoms with Gasteiger partial charge >= 0.3 is 0 Å². The highest BCUT2D eigenvalue weighted by Crippen LogP contribution is 1.87. The monoisotopic (exact) mass is 211 g/mol. The maximum Gasteiger partial charge on any atom is 0.276 e. The molecular formula is C6H17N3O3S. The highest BCUT2D eigenvalue weighted by atomic mass is 32.2. The van der Waals surface area contributed by atoms with Gasteiger partial charge in [-0.15, -0.1) is 0 Å². The number of aliphatic hydroxyl groups is 1. The van der Waals surface area contributed by atoms with Crippen molar-refractivity contribution in [2.24, 2.45) is 5.73 Å². The van der Waals surface area contributed by atoms with E-state index in [0.717, 1.165) is 0 Å². The average Bonchev–Trinajstić information content (AvgIpc) is 2.00. The molecule has 0 saturated carbocycles. The molecule has 0 aliphatic heterocycles. The third-order valence-corrected chi connectivity index (χ3v) is 2.68. The van der Waals surface area contributed by atoms with E-state index in [-0.39, 0.29) is 6.54 Å². The van der Waals surface area contributed by atoms with Gasteiger partial charge in [0.25, 0.3) is 10.2 Å². The van der Waals surface area contributed by atoms with Crippen LogP contribution in [0.2, 0.25) is 0 Å². The Hall–Kier alpha value is -0.210. The van der Waals surface area contributed by atoms with Crippen molar-refractivity contribution < 1.29 is 13.5 Å². The lowest BCUT2D eigenvalue weighted by Crippen LogP contribution is -2.46. The van der Waals surface area contributed by atoms with Crippen molar-refractivity contribution in [2.75, 3.05) is 13.1 Å². The Kier molecular flexibility index (Phi) is 5.42. The molecule has 2 unspecified atom stereocenters. The zero-order chi connectivity index (χ0) is 10.5. The van der Waals surface area contributed by atoms with Crippen LogP contribution in [0.5, 0.6) is 0 Å². The molecule has 0 aliphatic rings. The molecular weight excluding hydrogens is 194 g/mol. The van der Waals surface area contributed by atoms with E-state index >= 15 is 0 Å². The Bertz CT molecular complexity index is 227. The van der Waals surface area contributed by atoms with E-state index in [1.807, 2.05) is 0 Å². The van der Waals surface area contributed by atoms with Gasteiger partial charge < -0.3 is 10.8 Å². The van der Waals surface area contributed by atoms with Crippen molar-refractivity contribution in [1.29, 1.82) is 0 Å². The number of nitrogens with one attached hydrogen (secondary N) is 2. The van der Waals surface area contributed by atoms with Crippen molar-refractivity contribution in [3.8, 4) is 0 Å². The van der Waals surface area contributed by atoms with Crippen LogP contribution >= 0.6 is 0 Å². The molecule has 0 amide bonds. The summed E-state index contributed by atoms with van der Waals surface area (Å²) in [6.07, 6.45) is -0.732. The van der Waals surface area contributed by atoms with Crippen molar-refractivity contribution in [1.82, 2.24) is 9.44 Å². The first-order chi connectivity index (χ1) is 5.89. The molecule has 0 heterocycles. The van der Waals surface area contributed by atoms with Gasteiger partial charge in [-0.1, -0.05) is 6.92 Å². The Morgan fingerprint density at radius 3 is 2.38 bits per heavy atom. The van der Waals surface area contributed by atoms with Crippen LogP contribution < -0.4 is 15.2 Å². The van der Waals surface area contributed by atoms with Crippen LogP contribution in [0.4, 0.5) is 0 Å². The Labute approximate surface area is 78.7 Å². The summed E-state index contributed by atoms with van der Waals surface area (Å²) < 4.78 is 26.5. The normalized spacial score (nSPS) is 16.9. The van der Waals surface area contributed by atoms with Crippen LogP contribution in [-0.4, -0.2) is 38.8 Å². The predicted molar refractivity (Wildman–Crippen MR) is 50.3 cm³/mol. The Morgan fingerprint density at radius 1 is 1.46 bits per heavy atom. The summed E-state index contributed by atoms with van der Waals surface area (Å²) in [5.41, 5.74) is 5.42. The molecule has 0 rings (SSSR count). The quantitative estimate of drug-likeness (QED) is 0.413. The predicted octanol–water partition coefficient (Wildman–Crippen LogP) is -1.86. The number of rotatable bonds is 6. The number of aliphatic hydroxyl groups excluding tert-OH is 1. The third kappa shape index (κ3) is 5.94. The van der Waals surface area contributed by atoms with Crippen LogP contribution in [0, 0.1) is 0 Å². The maximum absolute atomic E-state index is 11.0. The molecule has 0 bridgehead atoms. The van der Waals surface area contributed by atoms with E-state index < -0.39 is 22.4 Å². The van der Waals surface area contributed by atoms with E-state index in [2.05, 4.69) is 9.44 Å². The van der Waals surface area contributed by atoms with E-state index in [0.29, 0.717) is 6.54 Å². The van der Waals surface area contributed by atoms with Crippen molar-refractivity contribution in [3.63, 3.8) is 0 Å². The van der Waals surface area contributed by atoms with Gasteiger partial charge in [0, 0.05) is 19.1 Å². The molecule has 5 N–H and O–H groups in total. The van der Waals surface area contributed by atoms with Gasteiger partial charge in [-0.3, -0.25) is 0 Å². The first kappa shape index (κ1) is 12.8. The summed E-state index contributed by atoms with van der Waals surface area (Å²) in [6, 6.07) is -0.589. The number of hydrogen-bond donors (Lipinski definition) is 4. The summed E-state index contributed by atoms with van der Waals surface area (Å²) in [4.78, 5) is 0. The fourth-order valence-corrected chi connectivity index (χ4v) is 1.51. The highest BCUT2D eigenvalue weighted by molar-refractivity contribution is 7.87. The van der Waals surface area contributed by atoms with Crippen LogP contribution in [0.25, 0.3) is 0 Å². The summed E-state index contributed by atoms with van der Waals surface area (Å²) in [7, 11) is -3.45. The van der Waals surface area contributed by atoms with E-state index in [1.165, 1.54) is 6.92 Å². The molecule has 0 aromatic heterocycles. The lowest BCUT2D eigenvalue weighted by Gasteiger charge is -2.15. The third-order valence-electron chi connectivity index (χ3n) is 1.46. The van der Waals surface area contributed by atoms with Crippen molar-refractivity contribution >= 4 is 10.2 Å². The largest absolute Gasteiger partial charge is 0.392 e. The smallest absolute Gasteiger partial charge is 0.276 e. The molecule has 0 spiro atoms. The zero-order valence-electron chi connectivity index (χ0n) is 7.82. The highest BCUT2D eigenvalue weighted by Gasteiger charge is 2.13. The molecule has 0 aliphatic carbocycles. The minimum Gasteiger partial charge on any atom is -0.392 e. The summed E-state index contributed by atoms with van der Waals surface area (Å²) in [6.45, 7) is 3.52. The fraction of sp³-hybridized carbons (Fsp3) is 1.00. The van der Waals surface area contributed by atoms with Crippen LogP contribution in [0.1, 0.15) is 13.8 Å². The number of hydrogen-bond acceptors (Lipinski definition) is 4. The molecule has 0 radical (unpaired) electrons. The van der Waals surface area contributed by atoms with Gasteiger partial charge in [-0.2, -0.15) is 8.42 Å². The molecule has 6 nitrogen and oxygen atoms in total. The van der Waals surface area contributed by atoms with Gasteiger partial charge in [0.15, 0.2) is 0 Å². The fourth-order valence-electron chi connectivity index (χ4n) is 0.618. The molecule has 7 heteroatoms. The SMILES string of the molecule is CCNS(=O)(=O)NCC(N)C(C)O. The van der Waals surface area contributed by atoms with Crippen LogP contribution in [0.15, 0.2) is 0 Å². The second-order valence-corrected chi connectivity index (χ2v) is 4.34. The standard InChI is InChI=1S/C6H17N3O3S/c1-3-8-13(11,12)9-4-6(7)5(2)10/h5-6,8-10H,3-4,7H2,1-2H3. The number of nitrogens with two attached hydrogens (primary N) is 1. The average molecular weight is 211 g/mol.